The second-order valence-electron chi connectivity index (χ2n) is 7.67. The Bertz CT molecular complexity index is 721. The van der Waals surface area contributed by atoms with E-state index in [9.17, 15) is 24.3 Å². The first-order valence-corrected chi connectivity index (χ1v) is 12.7. The fourth-order valence-corrected chi connectivity index (χ4v) is 4.02. The molecule has 4 unspecified atom stereocenters. The summed E-state index contributed by atoms with van der Waals surface area (Å²) in [5.41, 5.74) is 16.4. The molecular weight excluding hydrogens is 470 g/mol. The molecule has 33 heavy (non-hydrogen) atoms. The van der Waals surface area contributed by atoms with Crippen LogP contribution >= 0.6 is 24.4 Å². The van der Waals surface area contributed by atoms with Crippen LogP contribution in [-0.4, -0.2) is 94.7 Å². The SMILES string of the molecule is CSCCC(NC(=O)C1CCCN1C(=O)C(CCCN=C(N)N)NC(=O)C(N)CS)C(=O)O. The number of aliphatic carboxylic acids is 1. The Hall–Kier alpha value is -2.19. The number of nitrogens with two attached hydrogens (primary N) is 3. The van der Waals surface area contributed by atoms with Crippen LogP contribution in [0.25, 0.3) is 0 Å². The van der Waals surface area contributed by atoms with Gasteiger partial charge in [0, 0.05) is 18.8 Å². The van der Waals surface area contributed by atoms with Crippen LogP contribution in [0.15, 0.2) is 4.99 Å². The lowest BCUT2D eigenvalue weighted by atomic mass is 10.1. The highest BCUT2D eigenvalue weighted by molar-refractivity contribution is 7.98. The third-order valence-corrected chi connectivity index (χ3v) is 6.19. The van der Waals surface area contributed by atoms with Crippen LogP contribution in [0.3, 0.4) is 0 Å². The van der Waals surface area contributed by atoms with Crippen LogP contribution in [-0.2, 0) is 19.2 Å². The first kappa shape index (κ1) is 28.8. The molecule has 4 atom stereocenters. The maximum atomic E-state index is 13.3. The minimum absolute atomic E-state index is 0.0789. The molecule has 0 bridgehead atoms. The van der Waals surface area contributed by atoms with Crippen molar-refractivity contribution in [1.82, 2.24) is 15.5 Å². The Morgan fingerprint density at radius 1 is 1.21 bits per heavy atom. The summed E-state index contributed by atoms with van der Waals surface area (Å²) in [5.74, 6) is -2.03. The first-order chi connectivity index (χ1) is 15.6. The smallest absolute Gasteiger partial charge is 0.326 e. The lowest BCUT2D eigenvalue weighted by Gasteiger charge is -2.30. The van der Waals surface area contributed by atoms with Crippen molar-refractivity contribution in [2.45, 2.75) is 56.3 Å². The molecule has 1 heterocycles. The highest BCUT2D eigenvalue weighted by Gasteiger charge is 2.38. The average Bonchev–Trinajstić information content (AvgIpc) is 3.26. The molecular formula is C19H35N7O5S2. The minimum atomic E-state index is -1.13. The van der Waals surface area contributed by atoms with E-state index in [1.165, 1.54) is 16.7 Å². The largest absolute Gasteiger partial charge is 0.480 e. The molecule has 0 aromatic heterocycles. The number of carbonyl (C=O) groups excluding carboxylic acids is 3. The molecule has 0 aromatic rings. The van der Waals surface area contributed by atoms with Gasteiger partial charge >= 0.3 is 5.97 Å². The summed E-state index contributed by atoms with van der Waals surface area (Å²) in [6.45, 7) is 0.582. The highest BCUT2D eigenvalue weighted by Crippen LogP contribution is 2.20. The number of carbonyl (C=O) groups is 4. The highest BCUT2D eigenvalue weighted by atomic mass is 32.2. The standard InChI is InChI=1S/C19H35N7O5S2/c1-33-9-6-13(18(30)31)25-16(28)14-5-3-8-26(14)17(29)12(4-2-7-23-19(21)22)24-15(27)11(20)10-32/h11-14,32H,2-10,20H2,1H3,(H,24,27)(H,25,28)(H,30,31)(H4,21,22,23). The zero-order valence-electron chi connectivity index (χ0n) is 18.7. The molecule has 188 valence electrons. The summed E-state index contributed by atoms with van der Waals surface area (Å²) in [6, 6.07) is -3.68. The molecule has 9 N–H and O–H groups in total. The lowest BCUT2D eigenvalue weighted by Crippen LogP contribution is -2.57. The van der Waals surface area contributed by atoms with Gasteiger partial charge in [0.15, 0.2) is 5.96 Å². The number of amides is 3. The summed E-state index contributed by atoms with van der Waals surface area (Å²) >= 11 is 5.49. The third kappa shape index (κ3) is 9.68. The number of nitrogens with zero attached hydrogens (tertiary/aromatic N) is 2. The molecule has 0 aromatic carbocycles. The number of thioether (sulfide) groups is 1. The van der Waals surface area contributed by atoms with Crippen molar-refractivity contribution in [3.8, 4) is 0 Å². The van der Waals surface area contributed by atoms with Crippen LogP contribution in [0.4, 0.5) is 0 Å². The number of carboxylic acids is 1. The van der Waals surface area contributed by atoms with E-state index in [4.69, 9.17) is 17.2 Å². The van der Waals surface area contributed by atoms with Gasteiger partial charge in [-0.3, -0.25) is 19.4 Å². The molecule has 0 spiro atoms. The Balaban J connectivity index is 2.93. The average molecular weight is 506 g/mol. The third-order valence-electron chi connectivity index (χ3n) is 5.16. The molecule has 0 saturated carbocycles. The molecule has 1 saturated heterocycles. The van der Waals surface area contributed by atoms with Gasteiger partial charge in [0.1, 0.15) is 18.1 Å². The quantitative estimate of drug-likeness (QED) is 0.0608. The van der Waals surface area contributed by atoms with Gasteiger partial charge in [-0.15, -0.1) is 0 Å². The van der Waals surface area contributed by atoms with E-state index in [-0.39, 0.29) is 31.1 Å². The van der Waals surface area contributed by atoms with Crippen molar-refractivity contribution in [1.29, 1.82) is 0 Å². The van der Waals surface area contributed by atoms with Crippen molar-refractivity contribution in [2.24, 2.45) is 22.2 Å². The predicted octanol–water partition coefficient (Wildman–Crippen LogP) is -1.90. The fraction of sp³-hybridized carbons (Fsp3) is 0.737. The number of rotatable bonds is 14. The van der Waals surface area contributed by atoms with Gasteiger partial charge in [0.2, 0.25) is 17.7 Å². The van der Waals surface area contributed by atoms with E-state index >= 15 is 0 Å². The van der Waals surface area contributed by atoms with Crippen LogP contribution in [0, 0.1) is 0 Å². The minimum Gasteiger partial charge on any atom is -0.480 e. The van der Waals surface area contributed by atoms with Gasteiger partial charge in [-0.2, -0.15) is 24.4 Å². The Kier molecular flexibility index (Phi) is 13.0. The summed E-state index contributed by atoms with van der Waals surface area (Å²) in [4.78, 5) is 55.2. The Labute approximate surface area is 203 Å². The fourth-order valence-electron chi connectivity index (χ4n) is 3.39. The van der Waals surface area contributed by atoms with E-state index < -0.39 is 47.9 Å². The Morgan fingerprint density at radius 2 is 1.91 bits per heavy atom. The van der Waals surface area contributed by atoms with E-state index in [1.807, 2.05) is 6.26 Å². The van der Waals surface area contributed by atoms with Crippen molar-refractivity contribution in [2.75, 3.05) is 30.9 Å². The Morgan fingerprint density at radius 3 is 2.48 bits per heavy atom. The number of carboxylic acid groups (broad SMARTS) is 1. The van der Waals surface area contributed by atoms with Crippen LogP contribution in [0.2, 0.25) is 0 Å². The predicted molar refractivity (Wildman–Crippen MR) is 131 cm³/mol. The zero-order valence-corrected chi connectivity index (χ0v) is 20.4. The lowest BCUT2D eigenvalue weighted by molar-refractivity contribution is -0.145. The summed E-state index contributed by atoms with van der Waals surface area (Å²) < 4.78 is 0. The summed E-state index contributed by atoms with van der Waals surface area (Å²) in [5, 5.41) is 14.6. The number of thiol groups is 1. The van der Waals surface area contributed by atoms with Crippen molar-refractivity contribution in [3.05, 3.63) is 0 Å². The van der Waals surface area contributed by atoms with Crippen LogP contribution < -0.4 is 27.8 Å². The number of nitrogens with one attached hydrogen (secondary N) is 2. The van der Waals surface area contributed by atoms with E-state index in [2.05, 4.69) is 28.3 Å². The molecule has 1 rings (SSSR count). The van der Waals surface area contributed by atoms with Gasteiger partial charge < -0.3 is 37.8 Å². The van der Waals surface area contributed by atoms with Gasteiger partial charge in [0.25, 0.3) is 0 Å². The molecule has 1 fully saturated rings. The maximum absolute atomic E-state index is 13.3. The number of aliphatic imine (C=N–C) groups is 1. The molecule has 14 heteroatoms. The van der Waals surface area contributed by atoms with Gasteiger partial charge in [-0.25, -0.2) is 4.79 Å². The molecule has 12 nitrogen and oxygen atoms in total. The molecule has 1 aliphatic rings. The molecule has 3 amide bonds. The molecule has 1 aliphatic heterocycles. The van der Waals surface area contributed by atoms with Crippen molar-refractivity contribution < 1.29 is 24.3 Å². The van der Waals surface area contributed by atoms with E-state index in [0.29, 0.717) is 31.6 Å². The van der Waals surface area contributed by atoms with Gasteiger partial charge in [0.05, 0.1) is 6.04 Å². The number of guanidine groups is 1. The van der Waals surface area contributed by atoms with Crippen molar-refractivity contribution >= 4 is 54.0 Å². The maximum Gasteiger partial charge on any atom is 0.326 e. The number of likely N-dealkylation sites (tertiary alicyclic amines) is 1. The second kappa shape index (κ2) is 14.9. The monoisotopic (exact) mass is 505 g/mol. The zero-order chi connectivity index (χ0) is 25.0. The van der Waals surface area contributed by atoms with E-state index in [1.54, 1.807) is 0 Å². The van der Waals surface area contributed by atoms with E-state index in [0.717, 1.165) is 0 Å². The van der Waals surface area contributed by atoms with Crippen LogP contribution in [0.5, 0.6) is 0 Å². The summed E-state index contributed by atoms with van der Waals surface area (Å²) in [6.07, 6.45) is 3.74. The van der Waals surface area contributed by atoms with Gasteiger partial charge in [-0.05, 0) is 44.1 Å². The first-order valence-electron chi connectivity index (χ1n) is 10.7. The van der Waals surface area contributed by atoms with Crippen molar-refractivity contribution in [3.63, 3.8) is 0 Å². The second-order valence-corrected chi connectivity index (χ2v) is 9.02. The molecule has 0 radical (unpaired) electrons. The summed E-state index contributed by atoms with van der Waals surface area (Å²) in [7, 11) is 0. The number of hydrogen-bond acceptors (Lipinski definition) is 8. The number of hydrogen-bond donors (Lipinski definition) is 7. The topological polar surface area (TPSA) is 206 Å². The van der Waals surface area contributed by atoms with Crippen LogP contribution in [0.1, 0.15) is 32.1 Å². The normalized spacial score (nSPS) is 18.2. The molecule has 0 aliphatic carbocycles. The van der Waals surface area contributed by atoms with Gasteiger partial charge in [-0.1, -0.05) is 0 Å².